The number of hydrogen-bond donors (Lipinski definition) is 2. The lowest BCUT2D eigenvalue weighted by atomic mass is 10.1. The second kappa shape index (κ2) is 7.32. The topological polar surface area (TPSA) is 84.2 Å². The summed E-state index contributed by atoms with van der Waals surface area (Å²) in [4.78, 5) is 22.7. The zero-order valence-corrected chi connectivity index (χ0v) is 13.6. The maximum Gasteiger partial charge on any atom is 0.409 e. The first-order valence-electron chi connectivity index (χ1n) is 7.65. The Morgan fingerprint density at radius 1 is 1.07 bits per heavy atom. The van der Waals surface area contributed by atoms with E-state index in [9.17, 15) is 22.8 Å². The van der Waals surface area contributed by atoms with Gasteiger partial charge >= 0.3 is 6.09 Å². The van der Waals surface area contributed by atoms with Crippen LogP contribution in [0.2, 0.25) is 0 Å². The van der Waals surface area contributed by atoms with Gasteiger partial charge in [0.2, 0.25) is 0 Å². The van der Waals surface area contributed by atoms with E-state index in [4.69, 9.17) is 5.11 Å². The summed E-state index contributed by atoms with van der Waals surface area (Å²) >= 11 is 0. The van der Waals surface area contributed by atoms with Crippen LogP contribution >= 0.6 is 0 Å². The van der Waals surface area contributed by atoms with Crippen molar-refractivity contribution in [3.63, 3.8) is 0 Å². The molecule has 0 bridgehead atoms. The van der Waals surface area contributed by atoms with Crippen molar-refractivity contribution in [3.8, 4) is 11.3 Å². The number of nitrogens with zero attached hydrogens (tertiary/aromatic N) is 2. The fourth-order valence-corrected chi connectivity index (χ4v) is 2.46. The van der Waals surface area contributed by atoms with Crippen LogP contribution in [0.4, 0.5) is 23.7 Å². The van der Waals surface area contributed by atoms with Crippen LogP contribution < -0.4 is 10.9 Å². The third-order valence-corrected chi connectivity index (χ3v) is 3.66. The number of carboxylic acid groups (broad SMARTS) is 1. The van der Waals surface area contributed by atoms with Gasteiger partial charge < -0.3 is 5.11 Å². The molecule has 9 heteroatoms. The Bertz CT molecular complexity index is 1060. The Balaban J connectivity index is 1.95. The van der Waals surface area contributed by atoms with Gasteiger partial charge in [-0.2, -0.15) is 5.10 Å². The molecule has 1 heterocycles. The number of hydrogen-bond acceptors (Lipinski definition) is 3. The van der Waals surface area contributed by atoms with Crippen molar-refractivity contribution in [1.82, 2.24) is 9.78 Å². The smallest absolute Gasteiger partial charge is 0.409 e. The first-order chi connectivity index (χ1) is 12.8. The lowest BCUT2D eigenvalue weighted by molar-refractivity contribution is 0.209. The summed E-state index contributed by atoms with van der Waals surface area (Å²) in [6.45, 7) is -0.00598. The minimum Gasteiger partial charge on any atom is -0.465 e. The summed E-state index contributed by atoms with van der Waals surface area (Å²) in [5, 5.41) is 15.0. The van der Waals surface area contributed by atoms with Crippen molar-refractivity contribution < 1.29 is 23.1 Å². The van der Waals surface area contributed by atoms with Crippen molar-refractivity contribution in [2.45, 2.75) is 6.54 Å². The number of amides is 1. The Kier molecular flexibility index (Phi) is 4.93. The van der Waals surface area contributed by atoms with E-state index in [-0.39, 0.29) is 17.8 Å². The van der Waals surface area contributed by atoms with Crippen molar-refractivity contribution in [1.29, 1.82) is 0 Å². The molecule has 0 unspecified atom stereocenters. The van der Waals surface area contributed by atoms with E-state index < -0.39 is 29.1 Å². The van der Waals surface area contributed by atoms with Gasteiger partial charge in [0.15, 0.2) is 17.5 Å². The first kappa shape index (κ1) is 18.2. The molecule has 2 N–H and O–H groups in total. The van der Waals surface area contributed by atoms with E-state index >= 15 is 0 Å². The van der Waals surface area contributed by atoms with E-state index in [2.05, 4.69) is 10.4 Å². The van der Waals surface area contributed by atoms with Gasteiger partial charge in [0.1, 0.15) is 0 Å². The Hall–Kier alpha value is -3.62. The van der Waals surface area contributed by atoms with E-state index in [1.54, 1.807) is 12.1 Å². The molecule has 1 amide bonds. The molecule has 2 aromatic carbocycles. The normalized spacial score (nSPS) is 10.6. The lowest BCUT2D eigenvalue weighted by Crippen LogP contribution is -2.23. The number of anilines is 1. The van der Waals surface area contributed by atoms with E-state index in [0.717, 1.165) is 16.8 Å². The molecule has 0 saturated heterocycles. The number of halogens is 3. The number of nitrogens with one attached hydrogen (secondary N) is 1. The van der Waals surface area contributed by atoms with Gasteiger partial charge in [0.25, 0.3) is 5.56 Å². The van der Waals surface area contributed by atoms with E-state index in [0.29, 0.717) is 11.3 Å². The molecule has 3 aromatic rings. The molecule has 0 saturated carbocycles. The maximum absolute atomic E-state index is 13.4. The third-order valence-electron chi connectivity index (χ3n) is 3.66. The second-order valence-electron chi connectivity index (χ2n) is 5.60. The van der Waals surface area contributed by atoms with Crippen LogP contribution in [0.1, 0.15) is 5.56 Å². The molecular formula is C18H12F3N3O3. The van der Waals surface area contributed by atoms with Crippen LogP contribution in [0, 0.1) is 17.5 Å². The minimum atomic E-state index is -1.59. The largest absolute Gasteiger partial charge is 0.465 e. The monoisotopic (exact) mass is 375 g/mol. The Morgan fingerprint density at radius 2 is 1.78 bits per heavy atom. The zero-order valence-electron chi connectivity index (χ0n) is 13.6. The minimum absolute atomic E-state index is 0.00598. The summed E-state index contributed by atoms with van der Waals surface area (Å²) in [7, 11) is 0. The fraction of sp³-hybridized carbons (Fsp3) is 0.0556. The number of rotatable bonds is 4. The van der Waals surface area contributed by atoms with Crippen molar-refractivity contribution in [2.75, 3.05) is 5.32 Å². The predicted octanol–water partition coefficient (Wildman–Crippen LogP) is 3.47. The molecular weight excluding hydrogens is 363 g/mol. The van der Waals surface area contributed by atoms with Gasteiger partial charge in [-0.15, -0.1) is 0 Å². The molecule has 0 aliphatic heterocycles. The molecule has 27 heavy (non-hydrogen) atoms. The highest BCUT2D eigenvalue weighted by Gasteiger charge is 2.13. The average Bonchev–Trinajstić information content (AvgIpc) is 2.61. The summed E-state index contributed by atoms with van der Waals surface area (Å²) < 4.78 is 41.0. The SMILES string of the molecule is O=C(O)Nc1cccc(Cn2nc(-c3cc(F)c(F)c(F)c3)ccc2=O)c1. The average molecular weight is 375 g/mol. The molecule has 0 fully saturated rings. The van der Waals surface area contributed by atoms with Gasteiger partial charge in [-0.25, -0.2) is 22.6 Å². The third kappa shape index (κ3) is 4.14. The standard InChI is InChI=1S/C18H12F3N3O3/c19-13-7-11(8-14(20)17(13)21)15-4-5-16(25)24(23-15)9-10-2-1-3-12(6-10)22-18(26)27/h1-8,22H,9H2,(H,26,27). The van der Waals surface area contributed by atoms with Crippen LogP contribution in [0.5, 0.6) is 0 Å². The maximum atomic E-state index is 13.4. The van der Waals surface area contributed by atoms with Crippen molar-refractivity contribution in [3.05, 3.63) is 81.9 Å². The number of aromatic nitrogens is 2. The van der Waals surface area contributed by atoms with E-state index in [1.165, 1.54) is 24.3 Å². The first-order valence-corrected chi connectivity index (χ1v) is 7.65. The Morgan fingerprint density at radius 3 is 2.44 bits per heavy atom. The summed E-state index contributed by atoms with van der Waals surface area (Å²) in [5.74, 6) is -4.32. The van der Waals surface area contributed by atoms with Crippen LogP contribution in [0.25, 0.3) is 11.3 Å². The zero-order chi connectivity index (χ0) is 19.6. The van der Waals surface area contributed by atoms with E-state index in [1.807, 2.05) is 0 Å². The molecule has 0 spiro atoms. The lowest BCUT2D eigenvalue weighted by Gasteiger charge is -2.09. The van der Waals surface area contributed by atoms with Gasteiger partial charge in [0.05, 0.1) is 12.2 Å². The van der Waals surface area contributed by atoms with Gasteiger partial charge in [0, 0.05) is 17.3 Å². The van der Waals surface area contributed by atoms with Gasteiger partial charge in [-0.05, 0) is 35.9 Å². The highest BCUT2D eigenvalue weighted by atomic mass is 19.2. The predicted molar refractivity (Wildman–Crippen MR) is 91.0 cm³/mol. The second-order valence-corrected chi connectivity index (χ2v) is 5.60. The molecule has 0 atom stereocenters. The summed E-state index contributed by atoms with van der Waals surface area (Å²) in [5.41, 5.74) is 0.461. The quantitative estimate of drug-likeness (QED) is 0.684. The van der Waals surface area contributed by atoms with Crippen LogP contribution in [-0.4, -0.2) is 21.0 Å². The fourth-order valence-electron chi connectivity index (χ4n) is 2.46. The number of carbonyl (C=O) groups is 1. The molecule has 3 rings (SSSR count). The summed E-state index contributed by atoms with van der Waals surface area (Å²) in [6.07, 6.45) is -1.23. The van der Waals surface area contributed by atoms with Crippen LogP contribution in [-0.2, 0) is 6.54 Å². The molecule has 0 aliphatic rings. The van der Waals surface area contributed by atoms with Gasteiger partial charge in [-0.3, -0.25) is 10.1 Å². The molecule has 0 aliphatic carbocycles. The Labute approximate surface area is 150 Å². The van der Waals surface area contributed by atoms with Crippen molar-refractivity contribution >= 4 is 11.8 Å². The van der Waals surface area contributed by atoms with Crippen molar-refractivity contribution in [2.24, 2.45) is 0 Å². The molecule has 1 aromatic heterocycles. The molecule has 0 radical (unpaired) electrons. The number of benzene rings is 2. The van der Waals surface area contributed by atoms with Gasteiger partial charge in [-0.1, -0.05) is 12.1 Å². The highest BCUT2D eigenvalue weighted by Crippen LogP contribution is 2.21. The molecule has 138 valence electrons. The summed E-state index contributed by atoms with van der Waals surface area (Å²) in [6, 6.07) is 10.3. The molecule has 6 nitrogen and oxygen atoms in total. The van der Waals surface area contributed by atoms with Crippen LogP contribution in [0.15, 0.2) is 53.3 Å². The van der Waals surface area contributed by atoms with Crippen LogP contribution in [0.3, 0.4) is 0 Å². The highest BCUT2D eigenvalue weighted by molar-refractivity contribution is 5.82.